The van der Waals surface area contributed by atoms with Crippen molar-refractivity contribution in [2.45, 2.75) is 32.2 Å². The average molecular weight is 348 g/mol. The van der Waals surface area contributed by atoms with E-state index >= 15 is 0 Å². The summed E-state index contributed by atoms with van der Waals surface area (Å²) in [5.74, 6) is 2.39. The smallest absolute Gasteiger partial charge is 0.126 e. The van der Waals surface area contributed by atoms with Crippen LogP contribution in [-0.2, 0) is 4.74 Å². The molecule has 1 N–H and O–H groups in total. The van der Waals surface area contributed by atoms with Gasteiger partial charge in [0.1, 0.15) is 11.6 Å². The van der Waals surface area contributed by atoms with Crippen LogP contribution in [0, 0.1) is 6.92 Å². The average Bonchev–Trinajstić information content (AvgIpc) is 3.34. The molecule has 3 aromatic rings. The highest BCUT2D eigenvalue weighted by Crippen LogP contribution is 2.27. The van der Waals surface area contributed by atoms with Crippen molar-refractivity contribution in [1.82, 2.24) is 14.5 Å². The second-order valence-corrected chi connectivity index (χ2v) is 6.84. The molecule has 0 aliphatic carbocycles. The van der Waals surface area contributed by atoms with Crippen LogP contribution in [0.5, 0.6) is 0 Å². The topological polar surface area (TPSA) is 52.0 Å². The highest BCUT2D eigenvalue weighted by Gasteiger charge is 2.18. The number of pyridine rings is 1. The van der Waals surface area contributed by atoms with Gasteiger partial charge >= 0.3 is 0 Å². The number of aryl methyl sites for hydroxylation is 1. The maximum absolute atomic E-state index is 5.50. The van der Waals surface area contributed by atoms with Gasteiger partial charge in [0.15, 0.2) is 0 Å². The first-order chi connectivity index (χ1) is 12.7. The lowest BCUT2D eigenvalue weighted by Crippen LogP contribution is -2.09. The van der Waals surface area contributed by atoms with Gasteiger partial charge in [-0.3, -0.25) is 0 Å². The van der Waals surface area contributed by atoms with Crippen molar-refractivity contribution in [3.05, 3.63) is 71.9 Å². The zero-order chi connectivity index (χ0) is 17.9. The van der Waals surface area contributed by atoms with Crippen LogP contribution in [0.2, 0.25) is 0 Å². The molecule has 0 radical (unpaired) electrons. The number of nitrogens with one attached hydrogen (secondary N) is 1. The Morgan fingerprint density at radius 1 is 1.15 bits per heavy atom. The zero-order valence-electron chi connectivity index (χ0n) is 15.2. The van der Waals surface area contributed by atoms with Gasteiger partial charge in [0, 0.05) is 42.8 Å². The SMILES string of the molecule is Cc1nccn1-c1ccc(C(C)Nc2cc(C3CCOC3)ccn2)cc1. The van der Waals surface area contributed by atoms with Gasteiger partial charge in [-0.15, -0.1) is 0 Å². The van der Waals surface area contributed by atoms with E-state index in [1.165, 1.54) is 11.1 Å². The quantitative estimate of drug-likeness (QED) is 0.749. The van der Waals surface area contributed by atoms with Crippen LogP contribution in [0.4, 0.5) is 5.82 Å². The molecule has 1 fully saturated rings. The largest absolute Gasteiger partial charge is 0.381 e. The third kappa shape index (κ3) is 3.48. The van der Waals surface area contributed by atoms with Crippen LogP contribution in [0.1, 0.15) is 42.3 Å². The predicted molar refractivity (Wildman–Crippen MR) is 103 cm³/mol. The summed E-state index contributed by atoms with van der Waals surface area (Å²) in [6, 6.07) is 13.0. The van der Waals surface area contributed by atoms with E-state index in [1.54, 1.807) is 0 Å². The molecule has 0 saturated carbocycles. The number of rotatable bonds is 5. The Hall–Kier alpha value is -2.66. The molecule has 2 atom stereocenters. The summed E-state index contributed by atoms with van der Waals surface area (Å²) in [6.45, 7) is 5.83. The lowest BCUT2D eigenvalue weighted by molar-refractivity contribution is 0.194. The molecule has 1 aliphatic rings. The van der Waals surface area contributed by atoms with Crippen LogP contribution in [0.15, 0.2) is 55.0 Å². The predicted octanol–water partition coefficient (Wildman–Crippen LogP) is 4.25. The van der Waals surface area contributed by atoms with E-state index < -0.39 is 0 Å². The van der Waals surface area contributed by atoms with E-state index in [0.717, 1.165) is 37.0 Å². The van der Waals surface area contributed by atoms with Gasteiger partial charge in [-0.2, -0.15) is 0 Å². The summed E-state index contributed by atoms with van der Waals surface area (Å²) >= 11 is 0. The summed E-state index contributed by atoms with van der Waals surface area (Å²) < 4.78 is 7.58. The number of ether oxygens (including phenoxy) is 1. The van der Waals surface area contributed by atoms with Crippen molar-refractivity contribution in [2.75, 3.05) is 18.5 Å². The fourth-order valence-electron chi connectivity index (χ4n) is 3.46. The third-order valence-electron chi connectivity index (χ3n) is 5.05. The van der Waals surface area contributed by atoms with Crippen LogP contribution in [0.25, 0.3) is 5.69 Å². The Morgan fingerprint density at radius 3 is 2.69 bits per heavy atom. The molecule has 0 spiro atoms. The van der Waals surface area contributed by atoms with Crippen LogP contribution >= 0.6 is 0 Å². The first-order valence-corrected chi connectivity index (χ1v) is 9.11. The second-order valence-electron chi connectivity index (χ2n) is 6.84. The second kappa shape index (κ2) is 7.30. The van der Waals surface area contributed by atoms with Crippen LogP contribution in [0.3, 0.4) is 0 Å². The molecule has 0 bridgehead atoms. The van der Waals surface area contributed by atoms with Gasteiger partial charge in [-0.05, 0) is 55.7 Å². The molecule has 1 aliphatic heterocycles. The van der Waals surface area contributed by atoms with Gasteiger partial charge < -0.3 is 14.6 Å². The normalized spacial score (nSPS) is 18.0. The van der Waals surface area contributed by atoms with Gasteiger partial charge in [0.2, 0.25) is 0 Å². The van der Waals surface area contributed by atoms with Crippen molar-refractivity contribution < 1.29 is 4.74 Å². The van der Waals surface area contributed by atoms with Crippen molar-refractivity contribution >= 4 is 5.82 Å². The van der Waals surface area contributed by atoms with E-state index in [1.807, 2.05) is 25.5 Å². The summed E-state index contributed by atoms with van der Waals surface area (Å²) in [4.78, 5) is 8.76. The Labute approximate surface area is 154 Å². The number of hydrogen-bond acceptors (Lipinski definition) is 4. The number of aromatic nitrogens is 3. The molecular formula is C21H24N4O. The van der Waals surface area contributed by atoms with E-state index in [-0.39, 0.29) is 6.04 Å². The minimum absolute atomic E-state index is 0.176. The van der Waals surface area contributed by atoms with Crippen molar-refractivity contribution in [3.8, 4) is 5.69 Å². The number of imidazole rings is 1. The van der Waals surface area contributed by atoms with Gasteiger partial charge in [-0.25, -0.2) is 9.97 Å². The Morgan fingerprint density at radius 2 is 2.00 bits per heavy atom. The van der Waals surface area contributed by atoms with Crippen molar-refractivity contribution in [3.63, 3.8) is 0 Å². The molecule has 0 amide bonds. The van der Waals surface area contributed by atoms with E-state index in [4.69, 9.17) is 4.74 Å². The molecule has 1 saturated heterocycles. The monoisotopic (exact) mass is 348 g/mol. The molecule has 1 aromatic carbocycles. The highest BCUT2D eigenvalue weighted by molar-refractivity contribution is 5.43. The molecule has 26 heavy (non-hydrogen) atoms. The van der Waals surface area contributed by atoms with Crippen molar-refractivity contribution in [2.24, 2.45) is 0 Å². The maximum Gasteiger partial charge on any atom is 0.126 e. The fourth-order valence-corrected chi connectivity index (χ4v) is 3.46. The lowest BCUT2D eigenvalue weighted by Gasteiger charge is -2.17. The van der Waals surface area contributed by atoms with E-state index in [9.17, 15) is 0 Å². The number of anilines is 1. The molecule has 5 nitrogen and oxygen atoms in total. The molecule has 3 heterocycles. The van der Waals surface area contributed by atoms with Gasteiger partial charge in [-0.1, -0.05) is 12.1 Å². The fraction of sp³-hybridized carbons (Fsp3) is 0.333. The number of hydrogen-bond donors (Lipinski definition) is 1. The summed E-state index contributed by atoms with van der Waals surface area (Å²) in [6.07, 6.45) is 6.78. The first-order valence-electron chi connectivity index (χ1n) is 9.11. The van der Waals surface area contributed by atoms with Gasteiger partial charge in [0.05, 0.1) is 6.61 Å². The molecule has 134 valence electrons. The minimum atomic E-state index is 0.176. The summed E-state index contributed by atoms with van der Waals surface area (Å²) in [5.41, 5.74) is 3.65. The minimum Gasteiger partial charge on any atom is -0.381 e. The maximum atomic E-state index is 5.50. The summed E-state index contributed by atoms with van der Waals surface area (Å²) in [7, 11) is 0. The van der Waals surface area contributed by atoms with E-state index in [0.29, 0.717) is 5.92 Å². The van der Waals surface area contributed by atoms with Crippen LogP contribution < -0.4 is 5.32 Å². The highest BCUT2D eigenvalue weighted by atomic mass is 16.5. The standard InChI is InChI=1S/C21H24N4O/c1-15(17-3-5-20(6-4-17)25-11-10-22-16(25)2)24-21-13-18(7-9-23-21)19-8-12-26-14-19/h3-7,9-11,13,15,19H,8,12,14H2,1-2H3,(H,23,24). The number of nitrogens with zero attached hydrogens (tertiary/aromatic N) is 3. The van der Waals surface area contributed by atoms with Crippen LogP contribution in [-0.4, -0.2) is 27.7 Å². The molecule has 2 aromatic heterocycles. The molecular weight excluding hydrogens is 324 g/mol. The molecule has 4 rings (SSSR count). The Kier molecular flexibility index (Phi) is 4.71. The Bertz CT molecular complexity index is 866. The first kappa shape index (κ1) is 16.8. The number of benzene rings is 1. The molecule has 5 heteroatoms. The molecule has 2 unspecified atom stereocenters. The zero-order valence-corrected chi connectivity index (χ0v) is 15.2. The van der Waals surface area contributed by atoms with Crippen molar-refractivity contribution in [1.29, 1.82) is 0 Å². The summed E-state index contributed by atoms with van der Waals surface area (Å²) in [5, 5.41) is 3.52. The lowest BCUT2D eigenvalue weighted by atomic mass is 9.99. The van der Waals surface area contributed by atoms with Gasteiger partial charge in [0.25, 0.3) is 0 Å². The Balaban J connectivity index is 1.47. The third-order valence-corrected chi connectivity index (χ3v) is 5.05. The van der Waals surface area contributed by atoms with E-state index in [2.05, 4.69) is 63.2 Å².